The van der Waals surface area contributed by atoms with Crippen LogP contribution in [0.3, 0.4) is 0 Å². The average molecular weight is 497 g/mol. The minimum Gasteiger partial charge on any atom is -0.480 e. The number of ether oxygens (including phenoxy) is 1. The van der Waals surface area contributed by atoms with Crippen LogP contribution < -0.4 is 10.6 Å². The molecule has 4 rings (SSSR count). The fourth-order valence-corrected chi connectivity index (χ4v) is 4.52. The van der Waals surface area contributed by atoms with Crippen LogP contribution in [0.15, 0.2) is 24.7 Å². The van der Waals surface area contributed by atoms with Crippen molar-refractivity contribution in [3.8, 4) is 0 Å². The SMILES string of the molecule is COCCN(CCCCc1ccc2c(n1)NCCC2)CC[C@H](Nc1ncnc2c1cnn2C)C(=O)O. The maximum atomic E-state index is 12.0. The highest BCUT2D eigenvalue weighted by atomic mass is 16.5. The number of anilines is 2. The highest BCUT2D eigenvalue weighted by Gasteiger charge is 2.21. The zero-order chi connectivity index (χ0) is 25.3. The van der Waals surface area contributed by atoms with Crippen LogP contribution in [0.1, 0.15) is 36.9 Å². The summed E-state index contributed by atoms with van der Waals surface area (Å²) in [7, 11) is 3.48. The number of aliphatic carboxylic acids is 1. The van der Waals surface area contributed by atoms with E-state index < -0.39 is 12.0 Å². The van der Waals surface area contributed by atoms with E-state index in [1.165, 1.54) is 11.9 Å². The van der Waals surface area contributed by atoms with Crippen LogP contribution in [-0.4, -0.2) is 86.6 Å². The molecule has 1 aliphatic rings. The van der Waals surface area contributed by atoms with Crippen molar-refractivity contribution in [2.24, 2.45) is 7.05 Å². The van der Waals surface area contributed by atoms with Gasteiger partial charge >= 0.3 is 5.97 Å². The number of nitrogens with zero attached hydrogens (tertiary/aromatic N) is 6. The van der Waals surface area contributed by atoms with Crippen molar-refractivity contribution in [1.29, 1.82) is 0 Å². The van der Waals surface area contributed by atoms with Crippen LogP contribution in [0.25, 0.3) is 11.0 Å². The molecule has 36 heavy (non-hydrogen) atoms. The molecule has 194 valence electrons. The molecule has 3 N–H and O–H groups in total. The van der Waals surface area contributed by atoms with Crippen molar-refractivity contribution in [2.45, 2.75) is 44.6 Å². The minimum atomic E-state index is -0.913. The number of carboxylic acids is 1. The third kappa shape index (κ3) is 6.67. The summed E-state index contributed by atoms with van der Waals surface area (Å²) in [5.41, 5.74) is 3.08. The molecule has 0 spiro atoms. The molecule has 0 saturated carbocycles. The first kappa shape index (κ1) is 25.8. The van der Waals surface area contributed by atoms with Gasteiger partial charge in [-0.25, -0.2) is 19.7 Å². The fourth-order valence-electron chi connectivity index (χ4n) is 4.52. The van der Waals surface area contributed by atoms with E-state index in [-0.39, 0.29) is 0 Å². The predicted octanol–water partition coefficient (Wildman–Crippen LogP) is 2.34. The van der Waals surface area contributed by atoms with Crippen LogP contribution in [0.5, 0.6) is 0 Å². The van der Waals surface area contributed by atoms with E-state index in [4.69, 9.17) is 9.72 Å². The molecule has 1 atom stereocenters. The number of rotatable bonds is 14. The molecular formula is C25H36N8O3. The van der Waals surface area contributed by atoms with Gasteiger partial charge in [0.1, 0.15) is 24.0 Å². The van der Waals surface area contributed by atoms with Crippen molar-refractivity contribution < 1.29 is 14.6 Å². The van der Waals surface area contributed by atoms with Gasteiger partial charge in [-0.15, -0.1) is 0 Å². The Balaban J connectivity index is 1.29. The maximum Gasteiger partial charge on any atom is 0.326 e. The molecule has 3 aromatic rings. The Morgan fingerprint density at radius 2 is 2.17 bits per heavy atom. The molecule has 4 heterocycles. The number of pyridine rings is 1. The first-order valence-electron chi connectivity index (χ1n) is 12.6. The zero-order valence-corrected chi connectivity index (χ0v) is 21.1. The highest BCUT2D eigenvalue weighted by molar-refractivity contribution is 5.88. The monoisotopic (exact) mass is 496 g/mol. The van der Waals surface area contributed by atoms with E-state index >= 15 is 0 Å². The third-order valence-corrected chi connectivity index (χ3v) is 6.59. The molecule has 0 radical (unpaired) electrons. The van der Waals surface area contributed by atoms with Crippen molar-refractivity contribution in [2.75, 3.05) is 50.5 Å². The molecule has 0 amide bonds. The quantitative estimate of drug-likeness (QED) is 0.286. The van der Waals surface area contributed by atoms with E-state index in [0.717, 1.165) is 63.3 Å². The summed E-state index contributed by atoms with van der Waals surface area (Å²) in [6, 6.07) is 3.56. The minimum absolute atomic E-state index is 0.433. The summed E-state index contributed by atoms with van der Waals surface area (Å²) in [5.74, 6) is 0.611. The average Bonchev–Trinajstić information content (AvgIpc) is 3.28. The lowest BCUT2D eigenvalue weighted by Crippen LogP contribution is -2.37. The molecule has 1 aliphatic heterocycles. The Bertz CT molecular complexity index is 1150. The lowest BCUT2D eigenvalue weighted by Gasteiger charge is -2.24. The second kappa shape index (κ2) is 12.6. The van der Waals surface area contributed by atoms with Gasteiger partial charge in [-0.05, 0) is 56.7 Å². The molecule has 0 fully saturated rings. The van der Waals surface area contributed by atoms with Gasteiger partial charge in [0.15, 0.2) is 5.65 Å². The number of aryl methyl sites for hydroxylation is 3. The van der Waals surface area contributed by atoms with Gasteiger partial charge in [0.05, 0.1) is 18.2 Å². The van der Waals surface area contributed by atoms with Gasteiger partial charge in [0.2, 0.25) is 0 Å². The number of fused-ring (bicyclic) bond motifs is 2. The second-order valence-electron chi connectivity index (χ2n) is 9.18. The molecule has 11 nitrogen and oxygen atoms in total. The topological polar surface area (TPSA) is 130 Å². The van der Waals surface area contributed by atoms with Crippen molar-refractivity contribution in [3.05, 3.63) is 35.9 Å². The number of methoxy groups -OCH3 is 1. The van der Waals surface area contributed by atoms with E-state index in [9.17, 15) is 9.90 Å². The van der Waals surface area contributed by atoms with Gasteiger partial charge in [-0.3, -0.25) is 4.68 Å². The van der Waals surface area contributed by atoms with Gasteiger partial charge in [0.25, 0.3) is 0 Å². The summed E-state index contributed by atoms with van der Waals surface area (Å²) in [6.07, 6.45) is 8.72. The van der Waals surface area contributed by atoms with Gasteiger partial charge in [0, 0.05) is 39.5 Å². The zero-order valence-electron chi connectivity index (χ0n) is 21.1. The van der Waals surface area contributed by atoms with Crippen LogP contribution in [0.2, 0.25) is 0 Å². The number of nitrogens with one attached hydrogen (secondary N) is 2. The first-order valence-corrected chi connectivity index (χ1v) is 12.6. The second-order valence-corrected chi connectivity index (χ2v) is 9.18. The Kier molecular flexibility index (Phi) is 9.01. The largest absolute Gasteiger partial charge is 0.480 e. The predicted molar refractivity (Wildman–Crippen MR) is 138 cm³/mol. The van der Waals surface area contributed by atoms with Gasteiger partial charge in [-0.2, -0.15) is 5.10 Å². The number of hydrogen-bond donors (Lipinski definition) is 3. The van der Waals surface area contributed by atoms with E-state index in [2.05, 4.69) is 42.7 Å². The molecular weight excluding hydrogens is 460 g/mol. The summed E-state index contributed by atoms with van der Waals surface area (Å²) < 4.78 is 6.92. The molecule has 0 aromatic carbocycles. The van der Waals surface area contributed by atoms with Crippen molar-refractivity contribution in [1.82, 2.24) is 29.6 Å². The van der Waals surface area contributed by atoms with E-state index in [1.54, 1.807) is 25.0 Å². The standard InChI is InChI=1S/C25H36N8O3/c1-32-24-20(16-29-32)23(27-17-28-24)31-21(25(34)35)10-13-33(14-15-36-2)12-4-3-7-19-9-8-18-6-5-11-26-22(18)30-19/h8-9,16-17,21H,3-7,10-15H2,1-2H3,(H,26,30)(H,34,35)(H,27,28,31)/t21-/m0/s1. The summed E-state index contributed by atoms with van der Waals surface area (Å²) in [4.78, 5) is 27.5. The Hall–Kier alpha value is -3.31. The van der Waals surface area contributed by atoms with E-state index in [0.29, 0.717) is 36.4 Å². The molecule has 0 aliphatic carbocycles. The maximum absolute atomic E-state index is 12.0. The Labute approximate surface area is 211 Å². The summed E-state index contributed by atoms with van der Waals surface area (Å²) >= 11 is 0. The van der Waals surface area contributed by atoms with Crippen LogP contribution in [-0.2, 0) is 29.4 Å². The lowest BCUT2D eigenvalue weighted by atomic mass is 10.1. The molecule has 0 bridgehead atoms. The first-order chi connectivity index (χ1) is 17.5. The normalized spacial score (nSPS) is 14.0. The van der Waals surface area contributed by atoms with Crippen LogP contribution >= 0.6 is 0 Å². The van der Waals surface area contributed by atoms with Crippen LogP contribution in [0.4, 0.5) is 11.6 Å². The molecule has 3 aromatic heterocycles. The number of carbonyl (C=O) groups is 1. The number of carboxylic acid groups (broad SMARTS) is 1. The third-order valence-electron chi connectivity index (χ3n) is 6.59. The lowest BCUT2D eigenvalue weighted by molar-refractivity contribution is -0.138. The highest BCUT2D eigenvalue weighted by Crippen LogP contribution is 2.21. The Morgan fingerprint density at radius 1 is 1.28 bits per heavy atom. The number of unbranched alkanes of at least 4 members (excludes halogenated alkanes) is 1. The fraction of sp³-hybridized carbons (Fsp3) is 0.560. The van der Waals surface area contributed by atoms with E-state index in [1.807, 2.05) is 0 Å². The smallest absolute Gasteiger partial charge is 0.326 e. The summed E-state index contributed by atoms with van der Waals surface area (Å²) in [5, 5.41) is 21.2. The van der Waals surface area contributed by atoms with Crippen molar-refractivity contribution >= 4 is 28.6 Å². The molecule has 0 unspecified atom stereocenters. The van der Waals surface area contributed by atoms with Gasteiger partial charge < -0.3 is 25.4 Å². The van der Waals surface area contributed by atoms with Crippen LogP contribution in [0, 0.1) is 0 Å². The number of aromatic nitrogens is 5. The number of hydrogen-bond acceptors (Lipinski definition) is 9. The van der Waals surface area contributed by atoms with Crippen molar-refractivity contribution in [3.63, 3.8) is 0 Å². The summed E-state index contributed by atoms with van der Waals surface area (Å²) in [6.45, 7) is 3.86. The Morgan fingerprint density at radius 3 is 3.00 bits per heavy atom. The van der Waals surface area contributed by atoms with Gasteiger partial charge in [-0.1, -0.05) is 6.07 Å². The molecule has 0 saturated heterocycles. The molecule has 11 heteroatoms.